The van der Waals surface area contributed by atoms with Gasteiger partial charge in [0.05, 0.1) is 16.3 Å². The van der Waals surface area contributed by atoms with Crippen LogP contribution in [0.2, 0.25) is 0 Å². The van der Waals surface area contributed by atoms with E-state index in [1.807, 2.05) is 24.3 Å². The van der Waals surface area contributed by atoms with E-state index >= 15 is 0 Å². The third-order valence-electron chi connectivity index (χ3n) is 3.38. The summed E-state index contributed by atoms with van der Waals surface area (Å²) >= 11 is 1.40. The van der Waals surface area contributed by atoms with Gasteiger partial charge >= 0.3 is 0 Å². The summed E-state index contributed by atoms with van der Waals surface area (Å²) in [6, 6.07) is 7.71. The largest absolute Gasteiger partial charge is 0.393 e. The molecule has 0 radical (unpaired) electrons. The average Bonchev–Trinajstić information content (AvgIpc) is 3.17. The van der Waals surface area contributed by atoms with Crippen molar-refractivity contribution in [2.75, 3.05) is 6.54 Å². The minimum Gasteiger partial charge on any atom is -0.393 e. The molecule has 0 saturated heterocycles. The molecule has 1 atom stereocenters. The zero-order valence-corrected chi connectivity index (χ0v) is 11.3. The molecule has 1 heterocycles. The van der Waals surface area contributed by atoms with Gasteiger partial charge in [0.2, 0.25) is 0 Å². The minimum atomic E-state index is -0.268. The van der Waals surface area contributed by atoms with Crippen LogP contribution in [-0.4, -0.2) is 28.6 Å². The highest BCUT2D eigenvalue weighted by atomic mass is 32.1. The molecular weight excluding hydrogens is 260 g/mol. The zero-order valence-electron chi connectivity index (χ0n) is 10.5. The molecule has 5 heteroatoms. The van der Waals surface area contributed by atoms with Crippen molar-refractivity contribution in [3.8, 4) is 0 Å². The summed E-state index contributed by atoms with van der Waals surface area (Å²) in [4.78, 5) is 16.2. The monoisotopic (exact) mass is 276 g/mol. The third-order valence-corrected chi connectivity index (χ3v) is 4.42. The number of thiazole rings is 1. The van der Waals surface area contributed by atoms with E-state index < -0.39 is 0 Å². The van der Waals surface area contributed by atoms with Crippen LogP contribution in [0.25, 0.3) is 10.2 Å². The lowest BCUT2D eigenvalue weighted by molar-refractivity contribution is 0.0936. The number of rotatable bonds is 5. The number of nitrogens with zero attached hydrogens (tertiary/aromatic N) is 1. The highest BCUT2D eigenvalue weighted by molar-refractivity contribution is 7.20. The van der Waals surface area contributed by atoms with Gasteiger partial charge in [-0.25, -0.2) is 4.98 Å². The van der Waals surface area contributed by atoms with E-state index in [1.165, 1.54) is 11.3 Å². The van der Waals surface area contributed by atoms with Crippen molar-refractivity contribution in [3.05, 3.63) is 29.3 Å². The molecule has 4 nitrogen and oxygen atoms in total. The van der Waals surface area contributed by atoms with Gasteiger partial charge in [0, 0.05) is 6.54 Å². The van der Waals surface area contributed by atoms with Gasteiger partial charge in [0.25, 0.3) is 5.91 Å². The molecule has 1 fully saturated rings. The van der Waals surface area contributed by atoms with Crippen molar-refractivity contribution >= 4 is 27.5 Å². The molecule has 0 aliphatic heterocycles. The Morgan fingerprint density at radius 3 is 3.00 bits per heavy atom. The minimum absolute atomic E-state index is 0.149. The van der Waals surface area contributed by atoms with E-state index in [1.54, 1.807) is 0 Å². The molecule has 1 aromatic carbocycles. The number of benzene rings is 1. The summed E-state index contributed by atoms with van der Waals surface area (Å²) < 4.78 is 1.02. The maximum Gasteiger partial charge on any atom is 0.280 e. The third kappa shape index (κ3) is 2.93. The first-order chi connectivity index (χ1) is 9.24. The van der Waals surface area contributed by atoms with Crippen LogP contribution in [0, 0.1) is 5.92 Å². The van der Waals surface area contributed by atoms with Crippen molar-refractivity contribution in [2.24, 2.45) is 5.92 Å². The van der Waals surface area contributed by atoms with Crippen LogP contribution < -0.4 is 5.32 Å². The second-order valence-corrected chi connectivity index (χ2v) is 5.97. The van der Waals surface area contributed by atoms with Crippen molar-refractivity contribution in [1.82, 2.24) is 10.3 Å². The Bertz CT molecular complexity index is 559. The lowest BCUT2D eigenvalue weighted by atomic mass is 10.2. The highest BCUT2D eigenvalue weighted by Gasteiger charge is 2.29. The van der Waals surface area contributed by atoms with Gasteiger partial charge in [-0.3, -0.25) is 4.79 Å². The van der Waals surface area contributed by atoms with Crippen LogP contribution in [0.3, 0.4) is 0 Å². The first-order valence-electron chi connectivity index (χ1n) is 6.56. The van der Waals surface area contributed by atoms with Crippen molar-refractivity contribution in [3.63, 3.8) is 0 Å². The number of aromatic nitrogens is 1. The number of para-hydroxylation sites is 1. The highest BCUT2D eigenvalue weighted by Crippen LogP contribution is 2.33. The lowest BCUT2D eigenvalue weighted by Crippen LogP contribution is -2.27. The molecule has 0 bridgehead atoms. The second kappa shape index (κ2) is 5.27. The molecule has 0 spiro atoms. The van der Waals surface area contributed by atoms with Gasteiger partial charge in [-0.15, -0.1) is 11.3 Å². The first-order valence-corrected chi connectivity index (χ1v) is 7.37. The summed E-state index contributed by atoms with van der Waals surface area (Å²) in [6.07, 6.45) is 2.59. The summed E-state index contributed by atoms with van der Waals surface area (Å²) in [6.45, 7) is 0.506. The van der Waals surface area contributed by atoms with E-state index in [2.05, 4.69) is 10.3 Å². The van der Waals surface area contributed by atoms with Gasteiger partial charge < -0.3 is 10.4 Å². The van der Waals surface area contributed by atoms with Crippen LogP contribution in [-0.2, 0) is 0 Å². The average molecular weight is 276 g/mol. The molecule has 1 amide bonds. The predicted octanol–water partition coefficient (Wildman–Crippen LogP) is 2.19. The van der Waals surface area contributed by atoms with E-state index in [-0.39, 0.29) is 12.0 Å². The summed E-state index contributed by atoms with van der Waals surface area (Å²) in [5.41, 5.74) is 0.857. The molecular formula is C14H16N2O2S. The van der Waals surface area contributed by atoms with E-state index in [9.17, 15) is 9.90 Å². The number of nitrogens with one attached hydrogen (secondary N) is 1. The van der Waals surface area contributed by atoms with Crippen molar-refractivity contribution in [2.45, 2.75) is 25.4 Å². The Morgan fingerprint density at radius 1 is 1.47 bits per heavy atom. The topological polar surface area (TPSA) is 62.2 Å². The fourth-order valence-corrected chi connectivity index (χ4v) is 2.98. The number of amides is 1. The number of hydrogen-bond donors (Lipinski definition) is 2. The summed E-state index contributed by atoms with van der Waals surface area (Å²) in [5.74, 6) is 0.309. The molecule has 1 aliphatic carbocycles. The molecule has 100 valence electrons. The maximum absolute atomic E-state index is 11.9. The summed E-state index contributed by atoms with van der Waals surface area (Å²) in [5, 5.41) is 13.0. The van der Waals surface area contributed by atoms with Crippen LogP contribution >= 0.6 is 11.3 Å². The normalized spacial score (nSPS) is 16.5. The molecule has 19 heavy (non-hydrogen) atoms. The van der Waals surface area contributed by atoms with Crippen LogP contribution in [0.4, 0.5) is 0 Å². The number of hydrogen-bond acceptors (Lipinski definition) is 4. The van der Waals surface area contributed by atoms with E-state index in [0.29, 0.717) is 23.9 Å². The number of aliphatic hydroxyl groups is 1. The number of fused-ring (bicyclic) bond motifs is 1. The Hall–Kier alpha value is -1.46. The Morgan fingerprint density at radius 2 is 2.26 bits per heavy atom. The quantitative estimate of drug-likeness (QED) is 0.880. The van der Waals surface area contributed by atoms with Crippen LogP contribution in [0.15, 0.2) is 24.3 Å². The smallest absolute Gasteiger partial charge is 0.280 e. The standard InChI is InChI=1S/C14H16N2O2S/c17-11(9-5-6-9)7-8-15-13(18)14-16-10-3-1-2-4-12(10)19-14/h1-4,9,11,17H,5-8H2,(H,15,18)/t11-/m0/s1. The van der Waals surface area contributed by atoms with Crippen LogP contribution in [0.5, 0.6) is 0 Å². The molecule has 1 aliphatic rings. The molecule has 1 saturated carbocycles. The zero-order chi connectivity index (χ0) is 13.2. The fraction of sp³-hybridized carbons (Fsp3) is 0.429. The number of aliphatic hydroxyl groups excluding tert-OH is 1. The lowest BCUT2D eigenvalue weighted by Gasteiger charge is -2.08. The van der Waals surface area contributed by atoms with Gasteiger partial charge in [-0.2, -0.15) is 0 Å². The predicted molar refractivity (Wildman–Crippen MR) is 75.3 cm³/mol. The van der Waals surface area contributed by atoms with Crippen molar-refractivity contribution < 1.29 is 9.90 Å². The Kier molecular flexibility index (Phi) is 3.48. The molecule has 3 rings (SSSR count). The number of carbonyl (C=O) groups excluding carboxylic acids is 1. The maximum atomic E-state index is 11.9. The summed E-state index contributed by atoms with van der Waals surface area (Å²) in [7, 11) is 0. The molecule has 1 aromatic heterocycles. The number of carbonyl (C=O) groups is 1. The van der Waals surface area contributed by atoms with E-state index in [0.717, 1.165) is 23.1 Å². The van der Waals surface area contributed by atoms with Gasteiger partial charge in [-0.05, 0) is 37.3 Å². The van der Waals surface area contributed by atoms with Gasteiger partial charge in [0.1, 0.15) is 0 Å². The molecule has 2 aromatic rings. The second-order valence-electron chi connectivity index (χ2n) is 4.94. The SMILES string of the molecule is O=C(NCC[C@H](O)C1CC1)c1nc2ccccc2s1. The Balaban J connectivity index is 1.57. The molecule has 0 unspecified atom stereocenters. The Labute approximate surface area is 115 Å². The van der Waals surface area contributed by atoms with Crippen molar-refractivity contribution in [1.29, 1.82) is 0 Å². The van der Waals surface area contributed by atoms with E-state index in [4.69, 9.17) is 0 Å². The van der Waals surface area contributed by atoms with Gasteiger partial charge in [0.15, 0.2) is 5.01 Å². The first kappa shape index (κ1) is 12.6. The fourth-order valence-electron chi connectivity index (χ4n) is 2.10. The van der Waals surface area contributed by atoms with Crippen LogP contribution in [0.1, 0.15) is 29.1 Å². The van der Waals surface area contributed by atoms with Gasteiger partial charge in [-0.1, -0.05) is 12.1 Å². The molecule has 2 N–H and O–H groups in total.